The molecule has 1 N–H and O–H groups in total. The van der Waals surface area contributed by atoms with E-state index in [-0.39, 0.29) is 23.5 Å². The molecule has 0 spiro atoms. The highest BCUT2D eigenvalue weighted by Crippen LogP contribution is 2.24. The Morgan fingerprint density at radius 3 is 2.25 bits per heavy atom. The fraction of sp³-hybridized carbons (Fsp3) is 0.368. The Balaban J connectivity index is 2.55. The van der Waals surface area contributed by atoms with Crippen LogP contribution in [0.15, 0.2) is 24.3 Å². The molecule has 128 valence electrons. The first-order valence-corrected chi connectivity index (χ1v) is 7.98. The molecule has 2 rings (SSSR count). The molecular formula is C19H23FN2O2. The SMILES string of the molecule is CC(=O)c1c(C)c(C(=O)NC(C)C)n(Cc2ccc(F)cc2)c1C. The van der Waals surface area contributed by atoms with E-state index in [0.29, 0.717) is 23.4 Å². The maximum atomic E-state index is 13.1. The summed E-state index contributed by atoms with van der Waals surface area (Å²) in [6.07, 6.45) is 0. The highest BCUT2D eigenvalue weighted by Gasteiger charge is 2.25. The molecule has 0 saturated carbocycles. The van der Waals surface area contributed by atoms with Gasteiger partial charge in [-0.2, -0.15) is 0 Å². The third-order valence-electron chi connectivity index (χ3n) is 4.01. The van der Waals surface area contributed by atoms with Gasteiger partial charge in [0.15, 0.2) is 5.78 Å². The molecule has 0 bridgehead atoms. The molecule has 0 radical (unpaired) electrons. The molecule has 5 heteroatoms. The quantitative estimate of drug-likeness (QED) is 0.851. The number of halogens is 1. The van der Waals surface area contributed by atoms with Crippen molar-refractivity contribution in [2.75, 3.05) is 0 Å². The number of nitrogens with one attached hydrogen (secondary N) is 1. The second-order valence-electron chi connectivity index (χ2n) is 6.33. The van der Waals surface area contributed by atoms with E-state index in [9.17, 15) is 14.0 Å². The van der Waals surface area contributed by atoms with Crippen LogP contribution in [0.5, 0.6) is 0 Å². The van der Waals surface area contributed by atoms with E-state index in [2.05, 4.69) is 5.32 Å². The van der Waals surface area contributed by atoms with Crippen LogP contribution in [0.1, 0.15) is 58.4 Å². The molecule has 0 saturated heterocycles. The van der Waals surface area contributed by atoms with Gasteiger partial charge in [-0.05, 0) is 57.9 Å². The van der Waals surface area contributed by atoms with Crippen molar-refractivity contribution in [3.63, 3.8) is 0 Å². The van der Waals surface area contributed by atoms with E-state index >= 15 is 0 Å². The first kappa shape index (κ1) is 17.9. The summed E-state index contributed by atoms with van der Waals surface area (Å²) in [6.45, 7) is 9.31. The zero-order valence-corrected chi connectivity index (χ0v) is 14.7. The molecule has 0 atom stereocenters. The van der Waals surface area contributed by atoms with Crippen LogP contribution in [0.25, 0.3) is 0 Å². The number of nitrogens with zero attached hydrogens (tertiary/aromatic N) is 1. The Morgan fingerprint density at radius 2 is 1.75 bits per heavy atom. The number of benzene rings is 1. The van der Waals surface area contributed by atoms with Crippen molar-refractivity contribution in [2.24, 2.45) is 0 Å². The van der Waals surface area contributed by atoms with E-state index in [1.807, 2.05) is 25.3 Å². The highest BCUT2D eigenvalue weighted by atomic mass is 19.1. The van der Waals surface area contributed by atoms with Crippen LogP contribution in [0.3, 0.4) is 0 Å². The van der Waals surface area contributed by atoms with Crippen LogP contribution in [0.2, 0.25) is 0 Å². The van der Waals surface area contributed by atoms with Crippen molar-refractivity contribution in [3.05, 3.63) is 58.2 Å². The number of amides is 1. The first-order valence-electron chi connectivity index (χ1n) is 7.98. The average molecular weight is 330 g/mol. The standard InChI is InChI=1S/C19H23FN2O2/c1-11(2)21-19(24)18-12(3)17(14(5)23)13(4)22(18)10-15-6-8-16(20)9-7-15/h6-9,11H,10H2,1-5H3,(H,21,24). The zero-order chi connectivity index (χ0) is 18.0. The smallest absolute Gasteiger partial charge is 0.268 e. The zero-order valence-electron chi connectivity index (χ0n) is 14.7. The molecule has 24 heavy (non-hydrogen) atoms. The van der Waals surface area contributed by atoms with Crippen molar-refractivity contribution in [2.45, 2.75) is 47.2 Å². The van der Waals surface area contributed by atoms with Crippen molar-refractivity contribution < 1.29 is 14.0 Å². The lowest BCUT2D eigenvalue weighted by Gasteiger charge is -2.14. The molecule has 1 aromatic heterocycles. The number of Topliss-reactive ketones (excluding diaryl/α,β-unsaturated/α-hetero) is 1. The van der Waals surface area contributed by atoms with E-state index < -0.39 is 0 Å². The molecule has 0 unspecified atom stereocenters. The van der Waals surface area contributed by atoms with Crippen LogP contribution in [-0.2, 0) is 6.54 Å². The molecule has 0 fully saturated rings. The normalized spacial score (nSPS) is 11.0. The third kappa shape index (κ3) is 3.55. The van der Waals surface area contributed by atoms with Gasteiger partial charge in [0.1, 0.15) is 11.5 Å². The average Bonchev–Trinajstić information content (AvgIpc) is 2.71. The number of aromatic nitrogens is 1. The molecule has 4 nitrogen and oxygen atoms in total. The minimum absolute atomic E-state index is 0.00726. The van der Waals surface area contributed by atoms with Crippen LogP contribution >= 0.6 is 0 Å². The monoisotopic (exact) mass is 330 g/mol. The molecule has 2 aromatic rings. The minimum Gasteiger partial charge on any atom is -0.349 e. The number of rotatable bonds is 5. The van der Waals surface area contributed by atoms with Gasteiger partial charge in [0, 0.05) is 23.8 Å². The molecular weight excluding hydrogens is 307 g/mol. The molecule has 0 aliphatic carbocycles. The van der Waals surface area contributed by atoms with Crippen LogP contribution in [0, 0.1) is 19.7 Å². The Kier molecular flexibility index (Phi) is 5.22. The van der Waals surface area contributed by atoms with Gasteiger partial charge in [0.25, 0.3) is 5.91 Å². The Hall–Kier alpha value is -2.43. The molecule has 1 heterocycles. The highest BCUT2D eigenvalue weighted by molar-refractivity contribution is 6.03. The van der Waals surface area contributed by atoms with Crippen molar-refractivity contribution in [1.82, 2.24) is 9.88 Å². The molecule has 1 aromatic carbocycles. The number of carbonyl (C=O) groups is 2. The van der Waals surface area contributed by atoms with Gasteiger partial charge in [-0.3, -0.25) is 9.59 Å². The van der Waals surface area contributed by atoms with Crippen molar-refractivity contribution >= 4 is 11.7 Å². The largest absolute Gasteiger partial charge is 0.349 e. The maximum Gasteiger partial charge on any atom is 0.268 e. The molecule has 0 aliphatic heterocycles. The van der Waals surface area contributed by atoms with Gasteiger partial charge in [-0.25, -0.2) is 4.39 Å². The maximum absolute atomic E-state index is 13.1. The number of hydrogen-bond acceptors (Lipinski definition) is 2. The second-order valence-corrected chi connectivity index (χ2v) is 6.33. The number of ketones is 1. The number of hydrogen-bond donors (Lipinski definition) is 1. The summed E-state index contributed by atoms with van der Waals surface area (Å²) in [5.41, 5.74) is 3.35. The summed E-state index contributed by atoms with van der Waals surface area (Å²) in [6, 6.07) is 6.14. The predicted molar refractivity (Wildman–Crippen MR) is 92.0 cm³/mol. The van der Waals surface area contributed by atoms with Crippen molar-refractivity contribution in [1.29, 1.82) is 0 Å². The Bertz CT molecular complexity index is 774. The summed E-state index contributed by atoms with van der Waals surface area (Å²) in [7, 11) is 0. The fourth-order valence-corrected chi connectivity index (χ4v) is 3.01. The second kappa shape index (κ2) is 6.99. The van der Waals surface area contributed by atoms with Gasteiger partial charge < -0.3 is 9.88 Å². The van der Waals surface area contributed by atoms with Crippen LogP contribution in [0.4, 0.5) is 4.39 Å². The summed E-state index contributed by atoms with van der Waals surface area (Å²) in [5, 5.41) is 2.88. The van der Waals surface area contributed by atoms with E-state index in [1.54, 1.807) is 19.1 Å². The Labute approximate surface area is 141 Å². The lowest BCUT2D eigenvalue weighted by molar-refractivity contribution is 0.0933. The molecule has 1 amide bonds. The fourth-order valence-electron chi connectivity index (χ4n) is 3.01. The molecule has 0 aliphatic rings. The summed E-state index contributed by atoms with van der Waals surface area (Å²) >= 11 is 0. The summed E-state index contributed by atoms with van der Waals surface area (Å²) in [4.78, 5) is 24.6. The van der Waals surface area contributed by atoms with Crippen LogP contribution in [-0.4, -0.2) is 22.3 Å². The lowest BCUT2D eigenvalue weighted by Crippen LogP contribution is -2.32. The third-order valence-corrected chi connectivity index (χ3v) is 4.01. The lowest BCUT2D eigenvalue weighted by atomic mass is 10.1. The van der Waals surface area contributed by atoms with Gasteiger partial charge in [-0.15, -0.1) is 0 Å². The van der Waals surface area contributed by atoms with E-state index in [1.165, 1.54) is 19.1 Å². The van der Waals surface area contributed by atoms with Gasteiger partial charge in [0.2, 0.25) is 0 Å². The topological polar surface area (TPSA) is 51.1 Å². The van der Waals surface area contributed by atoms with E-state index in [0.717, 1.165) is 11.3 Å². The summed E-state index contributed by atoms with van der Waals surface area (Å²) < 4.78 is 14.9. The first-order chi connectivity index (χ1) is 11.2. The van der Waals surface area contributed by atoms with Crippen LogP contribution < -0.4 is 5.32 Å². The van der Waals surface area contributed by atoms with Gasteiger partial charge in [-0.1, -0.05) is 12.1 Å². The number of carbonyl (C=O) groups excluding carboxylic acids is 2. The van der Waals surface area contributed by atoms with Crippen molar-refractivity contribution in [3.8, 4) is 0 Å². The van der Waals surface area contributed by atoms with E-state index in [4.69, 9.17) is 0 Å². The summed E-state index contributed by atoms with van der Waals surface area (Å²) in [5.74, 6) is -0.581. The van der Waals surface area contributed by atoms with Gasteiger partial charge in [0.05, 0.1) is 0 Å². The Morgan fingerprint density at radius 1 is 1.17 bits per heavy atom. The minimum atomic E-state index is -0.304. The predicted octanol–water partition coefficient (Wildman–Crippen LogP) is 3.63. The van der Waals surface area contributed by atoms with Gasteiger partial charge >= 0.3 is 0 Å².